The normalized spacial score (nSPS) is 25.4. The Labute approximate surface area is 53.6 Å². The molecule has 0 heterocycles. The summed E-state index contributed by atoms with van der Waals surface area (Å²) in [5, 5.41) is 0. The van der Waals surface area contributed by atoms with Crippen molar-refractivity contribution in [3.05, 3.63) is 11.6 Å². The highest BCUT2D eigenvalue weighted by Gasteiger charge is 2.32. The summed E-state index contributed by atoms with van der Waals surface area (Å²) in [6, 6.07) is 0. The molecule has 0 aromatic heterocycles. The number of halogens is 2. The van der Waals surface area contributed by atoms with Crippen molar-refractivity contribution in [3.8, 4) is 0 Å². The Morgan fingerprint density at radius 2 is 2.22 bits per heavy atom. The first-order valence-electron chi connectivity index (χ1n) is 3.18. The Balaban J connectivity index is 2.73. The van der Waals surface area contributed by atoms with Crippen LogP contribution < -0.4 is 0 Å². The minimum Gasteiger partial charge on any atom is -0.202 e. The predicted octanol–water partition coefficient (Wildman–Crippen LogP) is 2.75. The quantitative estimate of drug-likeness (QED) is 0.444. The van der Waals surface area contributed by atoms with Crippen LogP contribution in [0, 0.1) is 0 Å². The molecule has 9 heavy (non-hydrogen) atoms. The second-order valence-electron chi connectivity index (χ2n) is 2.48. The zero-order chi connectivity index (χ0) is 6.91. The van der Waals surface area contributed by atoms with E-state index in [1.165, 1.54) is 6.92 Å². The molecular weight excluding hydrogens is 122 g/mol. The van der Waals surface area contributed by atoms with Crippen molar-refractivity contribution < 1.29 is 8.78 Å². The summed E-state index contributed by atoms with van der Waals surface area (Å²) in [5.74, 6) is -2.50. The molecule has 1 aliphatic rings. The van der Waals surface area contributed by atoms with E-state index in [4.69, 9.17) is 0 Å². The van der Waals surface area contributed by atoms with Crippen molar-refractivity contribution in [2.75, 3.05) is 0 Å². The smallest absolute Gasteiger partial charge is 0.202 e. The van der Waals surface area contributed by atoms with Gasteiger partial charge in [-0.1, -0.05) is 6.08 Å². The molecule has 0 spiro atoms. The molecule has 0 amide bonds. The maximum Gasteiger partial charge on any atom is 0.269 e. The summed E-state index contributed by atoms with van der Waals surface area (Å²) in [5.41, 5.74) is 0.244. The summed E-state index contributed by atoms with van der Waals surface area (Å²) >= 11 is 0. The largest absolute Gasteiger partial charge is 0.269 e. The van der Waals surface area contributed by atoms with Crippen LogP contribution in [0.3, 0.4) is 0 Å². The van der Waals surface area contributed by atoms with Crippen LogP contribution in [-0.2, 0) is 0 Å². The van der Waals surface area contributed by atoms with Crippen LogP contribution in [0.15, 0.2) is 11.6 Å². The van der Waals surface area contributed by atoms with Crippen molar-refractivity contribution in [2.45, 2.75) is 32.1 Å². The van der Waals surface area contributed by atoms with E-state index >= 15 is 0 Å². The summed E-state index contributed by atoms with van der Waals surface area (Å²) in [7, 11) is 0. The van der Waals surface area contributed by atoms with Gasteiger partial charge >= 0.3 is 0 Å². The number of alkyl halides is 2. The molecule has 0 saturated carbocycles. The average molecular weight is 132 g/mol. The zero-order valence-corrected chi connectivity index (χ0v) is 5.45. The van der Waals surface area contributed by atoms with Gasteiger partial charge in [-0.15, -0.1) is 0 Å². The van der Waals surface area contributed by atoms with Crippen LogP contribution in [0.25, 0.3) is 0 Å². The molecular formula is C7H10F2. The maximum atomic E-state index is 12.5. The summed E-state index contributed by atoms with van der Waals surface area (Å²) in [6.45, 7) is 1.50. The Kier molecular flexibility index (Phi) is 1.56. The van der Waals surface area contributed by atoms with E-state index in [0.717, 1.165) is 6.42 Å². The highest BCUT2D eigenvalue weighted by Crippen LogP contribution is 2.33. The fourth-order valence-corrected chi connectivity index (χ4v) is 0.989. The van der Waals surface area contributed by atoms with Crippen molar-refractivity contribution in [1.29, 1.82) is 0 Å². The third-order valence-corrected chi connectivity index (χ3v) is 1.72. The molecule has 0 atom stereocenters. The fourth-order valence-electron chi connectivity index (χ4n) is 0.989. The van der Waals surface area contributed by atoms with E-state index in [1.807, 2.05) is 0 Å². The van der Waals surface area contributed by atoms with Crippen LogP contribution >= 0.6 is 0 Å². The van der Waals surface area contributed by atoms with E-state index in [9.17, 15) is 8.78 Å². The van der Waals surface area contributed by atoms with Gasteiger partial charge in [0.1, 0.15) is 0 Å². The zero-order valence-electron chi connectivity index (χ0n) is 5.45. The number of rotatable bonds is 0. The standard InChI is InChI=1S/C7H10F2/c1-6-4-2-3-5-7(6,8)9/h4H,2-3,5H2,1H3. The Morgan fingerprint density at radius 3 is 2.56 bits per heavy atom. The predicted molar refractivity (Wildman–Crippen MR) is 32.6 cm³/mol. The minimum absolute atomic E-state index is 0.0370. The summed E-state index contributed by atoms with van der Waals surface area (Å²) in [4.78, 5) is 0. The Hall–Kier alpha value is -0.400. The third-order valence-electron chi connectivity index (χ3n) is 1.72. The van der Waals surface area contributed by atoms with E-state index in [2.05, 4.69) is 0 Å². The lowest BCUT2D eigenvalue weighted by molar-refractivity contribution is 0.0253. The van der Waals surface area contributed by atoms with E-state index < -0.39 is 5.92 Å². The van der Waals surface area contributed by atoms with Gasteiger partial charge in [0.15, 0.2) is 0 Å². The number of allylic oxidation sites excluding steroid dienone is 2. The molecule has 52 valence electrons. The van der Waals surface area contributed by atoms with Crippen LogP contribution in [0.1, 0.15) is 26.2 Å². The lowest BCUT2D eigenvalue weighted by Gasteiger charge is -2.20. The molecule has 0 unspecified atom stereocenters. The van der Waals surface area contributed by atoms with Crippen molar-refractivity contribution >= 4 is 0 Å². The molecule has 0 nitrogen and oxygen atoms in total. The molecule has 0 aromatic rings. The SMILES string of the molecule is CC1=CCCCC1(F)F. The minimum atomic E-state index is -2.50. The topological polar surface area (TPSA) is 0 Å². The lowest BCUT2D eigenvalue weighted by Crippen LogP contribution is -2.19. The number of hydrogen-bond acceptors (Lipinski definition) is 0. The van der Waals surface area contributed by atoms with Gasteiger partial charge < -0.3 is 0 Å². The molecule has 0 aliphatic heterocycles. The first-order chi connectivity index (χ1) is 4.13. The first-order valence-corrected chi connectivity index (χ1v) is 3.18. The van der Waals surface area contributed by atoms with Crippen LogP contribution in [0.5, 0.6) is 0 Å². The summed E-state index contributed by atoms with van der Waals surface area (Å²) in [6.07, 6.45) is 3.12. The molecule has 0 bridgehead atoms. The highest BCUT2D eigenvalue weighted by molar-refractivity contribution is 5.12. The molecule has 0 fully saturated rings. The molecule has 1 rings (SSSR count). The van der Waals surface area contributed by atoms with Gasteiger partial charge in [0.2, 0.25) is 0 Å². The van der Waals surface area contributed by atoms with Gasteiger partial charge in [-0.3, -0.25) is 0 Å². The van der Waals surface area contributed by atoms with Crippen molar-refractivity contribution in [1.82, 2.24) is 0 Å². The molecule has 2 heteroatoms. The van der Waals surface area contributed by atoms with Crippen molar-refractivity contribution in [2.24, 2.45) is 0 Å². The van der Waals surface area contributed by atoms with Gasteiger partial charge in [-0.25, -0.2) is 8.78 Å². The third kappa shape index (κ3) is 1.29. The van der Waals surface area contributed by atoms with Gasteiger partial charge in [-0.05, 0) is 25.3 Å². The van der Waals surface area contributed by atoms with Gasteiger partial charge in [0.05, 0.1) is 0 Å². The first kappa shape index (κ1) is 6.72. The molecule has 1 aliphatic carbocycles. The average Bonchev–Trinajstić information content (AvgIpc) is 1.77. The van der Waals surface area contributed by atoms with Crippen LogP contribution in [0.4, 0.5) is 8.78 Å². The second-order valence-corrected chi connectivity index (χ2v) is 2.48. The van der Waals surface area contributed by atoms with Crippen LogP contribution in [-0.4, -0.2) is 5.92 Å². The van der Waals surface area contributed by atoms with E-state index in [1.54, 1.807) is 6.08 Å². The van der Waals surface area contributed by atoms with Crippen molar-refractivity contribution in [3.63, 3.8) is 0 Å². The molecule has 0 saturated heterocycles. The highest BCUT2D eigenvalue weighted by atomic mass is 19.3. The Morgan fingerprint density at radius 1 is 1.56 bits per heavy atom. The summed E-state index contributed by atoms with van der Waals surface area (Å²) < 4.78 is 25.1. The maximum absolute atomic E-state index is 12.5. The van der Waals surface area contributed by atoms with Gasteiger partial charge in [-0.2, -0.15) is 0 Å². The number of hydrogen-bond donors (Lipinski definition) is 0. The van der Waals surface area contributed by atoms with Crippen LogP contribution in [0.2, 0.25) is 0 Å². The van der Waals surface area contributed by atoms with Gasteiger partial charge in [0.25, 0.3) is 5.92 Å². The monoisotopic (exact) mass is 132 g/mol. The Bertz CT molecular complexity index is 136. The molecule has 0 N–H and O–H groups in total. The van der Waals surface area contributed by atoms with E-state index in [0.29, 0.717) is 6.42 Å². The van der Waals surface area contributed by atoms with E-state index in [-0.39, 0.29) is 12.0 Å². The fraction of sp³-hybridized carbons (Fsp3) is 0.714. The lowest BCUT2D eigenvalue weighted by atomic mass is 9.97. The molecule has 0 radical (unpaired) electrons. The molecule has 0 aromatic carbocycles. The second kappa shape index (κ2) is 2.09. The van der Waals surface area contributed by atoms with Gasteiger partial charge in [0, 0.05) is 6.42 Å².